The van der Waals surface area contributed by atoms with Crippen molar-refractivity contribution in [2.75, 3.05) is 19.3 Å². The normalized spacial score (nSPS) is 16.6. The lowest BCUT2D eigenvalue weighted by Gasteiger charge is -2.17. The van der Waals surface area contributed by atoms with Gasteiger partial charge in [-0.2, -0.15) is 0 Å². The fourth-order valence-electron chi connectivity index (χ4n) is 1.65. The summed E-state index contributed by atoms with van der Waals surface area (Å²) >= 11 is 0. The number of nitrogens with two attached hydrogens (primary N) is 1. The van der Waals surface area contributed by atoms with Gasteiger partial charge >= 0.3 is 0 Å². The van der Waals surface area contributed by atoms with Gasteiger partial charge in [-0.15, -0.1) is 0 Å². The second kappa shape index (κ2) is 4.07. The van der Waals surface area contributed by atoms with Crippen molar-refractivity contribution >= 4 is 15.7 Å². The van der Waals surface area contributed by atoms with Crippen molar-refractivity contribution < 1.29 is 8.42 Å². The van der Waals surface area contributed by atoms with Gasteiger partial charge in [0.25, 0.3) is 0 Å². The monoisotopic (exact) mass is 240 g/mol. The van der Waals surface area contributed by atoms with Crippen LogP contribution in [0.15, 0.2) is 29.2 Å². The fourth-order valence-corrected chi connectivity index (χ4v) is 3.00. The number of rotatable bonds is 4. The summed E-state index contributed by atoms with van der Waals surface area (Å²) in [6.07, 6.45) is 2.26. The molecular formula is C11H16N2O2S. The highest BCUT2D eigenvalue weighted by atomic mass is 32.2. The van der Waals surface area contributed by atoms with Crippen molar-refractivity contribution in [3.8, 4) is 0 Å². The van der Waals surface area contributed by atoms with E-state index in [2.05, 4.69) is 0 Å². The van der Waals surface area contributed by atoms with E-state index >= 15 is 0 Å². The average Bonchev–Trinajstić information content (AvgIpc) is 3.02. The quantitative estimate of drug-likeness (QED) is 0.807. The van der Waals surface area contributed by atoms with Crippen LogP contribution in [0.2, 0.25) is 0 Å². The molecule has 2 N–H and O–H groups in total. The summed E-state index contributed by atoms with van der Waals surface area (Å²) in [5, 5.41) is 0. The molecule has 0 radical (unpaired) electrons. The summed E-state index contributed by atoms with van der Waals surface area (Å²) in [5.74, 6) is 0.532. The van der Waals surface area contributed by atoms with Crippen molar-refractivity contribution in [3.05, 3.63) is 24.3 Å². The predicted molar refractivity (Wildman–Crippen MR) is 63.4 cm³/mol. The first-order valence-corrected chi connectivity index (χ1v) is 6.76. The Morgan fingerprint density at radius 3 is 2.56 bits per heavy atom. The molecule has 0 amide bonds. The second-order valence-corrected chi connectivity index (χ2v) is 6.28. The van der Waals surface area contributed by atoms with Gasteiger partial charge in [0, 0.05) is 13.6 Å². The van der Waals surface area contributed by atoms with E-state index in [0.29, 0.717) is 18.2 Å². The molecule has 0 aromatic heterocycles. The molecule has 0 atom stereocenters. The fraction of sp³-hybridized carbons (Fsp3) is 0.455. The number of sulfonamides is 1. The topological polar surface area (TPSA) is 63.4 Å². The summed E-state index contributed by atoms with van der Waals surface area (Å²) in [5.41, 5.74) is 6.00. The molecular weight excluding hydrogens is 224 g/mol. The number of para-hydroxylation sites is 1. The predicted octanol–water partition coefficient (Wildman–Crippen LogP) is 1.30. The van der Waals surface area contributed by atoms with Crippen LogP contribution in [0.5, 0.6) is 0 Å². The number of anilines is 1. The van der Waals surface area contributed by atoms with E-state index in [-0.39, 0.29) is 4.90 Å². The molecule has 0 saturated heterocycles. The van der Waals surface area contributed by atoms with Gasteiger partial charge in [0.1, 0.15) is 4.90 Å². The maximum absolute atomic E-state index is 12.2. The van der Waals surface area contributed by atoms with Crippen LogP contribution in [-0.2, 0) is 10.0 Å². The highest BCUT2D eigenvalue weighted by molar-refractivity contribution is 7.89. The van der Waals surface area contributed by atoms with E-state index in [1.165, 1.54) is 4.31 Å². The minimum Gasteiger partial charge on any atom is -0.398 e. The SMILES string of the molecule is CN(CC1CC1)S(=O)(=O)c1ccccc1N. The molecule has 1 aliphatic rings. The summed E-state index contributed by atoms with van der Waals surface area (Å²) < 4.78 is 25.7. The molecule has 5 heteroatoms. The van der Waals surface area contributed by atoms with Crippen LogP contribution in [0.4, 0.5) is 5.69 Å². The Kier molecular flexibility index (Phi) is 2.90. The van der Waals surface area contributed by atoms with Crippen molar-refractivity contribution in [1.29, 1.82) is 0 Å². The number of hydrogen-bond donors (Lipinski definition) is 1. The zero-order chi connectivity index (χ0) is 11.8. The third-order valence-corrected chi connectivity index (χ3v) is 4.72. The number of hydrogen-bond acceptors (Lipinski definition) is 3. The van der Waals surface area contributed by atoms with Gasteiger partial charge < -0.3 is 5.73 Å². The Labute approximate surface area is 96.1 Å². The van der Waals surface area contributed by atoms with Crippen LogP contribution >= 0.6 is 0 Å². The number of nitrogens with zero attached hydrogens (tertiary/aromatic N) is 1. The summed E-state index contributed by atoms with van der Waals surface area (Å²) in [6, 6.07) is 6.58. The molecule has 4 nitrogen and oxygen atoms in total. The largest absolute Gasteiger partial charge is 0.398 e. The van der Waals surface area contributed by atoms with Gasteiger partial charge in [0.15, 0.2) is 0 Å². The van der Waals surface area contributed by atoms with Crippen LogP contribution in [0, 0.1) is 5.92 Å². The zero-order valence-electron chi connectivity index (χ0n) is 9.26. The van der Waals surface area contributed by atoms with Gasteiger partial charge in [-0.25, -0.2) is 12.7 Å². The molecule has 1 aliphatic carbocycles. The van der Waals surface area contributed by atoms with Gasteiger partial charge in [0.2, 0.25) is 10.0 Å². The molecule has 0 bridgehead atoms. The van der Waals surface area contributed by atoms with E-state index in [9.17, 15) is 8.42 Å². The summed E-state index contributed by atoms with van der Waals surface area (Å²) in [4.78, 5) is 0.207. The Balaban J connectivity index is 2.27. The smallest absolute Gasteiger partial charge is 0.244 e. The minimum absolute atomic E-state index is 0.207. The lowest BCUT2D eigenvalue weighted by Crippen LogP contribution is -2.29. The van der Waals surface area contributed by atoms with Crippen molar-refractivity contribution in [1.82, 2.24) is 4.31 Å². The molecule has 88 valence electrons. The number of nitrogen functional groups attached to an aromatic ring is 1. The lowest BCUT2D eigenvalue weighted by atomic mass is 10.3. The summed E-state index contributed by atoms with van der Waals surface area (Å²) in [6.45, 7) is 0.594. The first-order chi connectivity index (χ1) is 7.51. The first kappa shape index (κ1) is 11.4. The molecule has 0 spiro atoms. The molecule has 1 saturated carbocycles. The maximum Gasteiger partial charge on any atom is 0.244 e. The third-order valence-electron chi connectivity index (χ3n) is 2.82. The van der Waals surface area contributed by atoms with Gasteiger partial charge in [-0.3, -0.25) is 0 Å². The van der Waals surface area contributed by atoms with Crippen molar-refractivity contribution in [3.63, 3.8) is 0 Å². The minimum atomic E-state index is -3.42. The number of benzene rings is 1. The Morgan fingerprint density at radius 2 is 2.00 bits per heavy atom. The molecule has 1 aromatic rings. The Morgan fingerprint density at radius 1 is 1.38 bits per heavy atom. The van der Waals surface area contributed by atoms with E-state index < -0.39 is 10.0 Å². The molecule has 0 unspecified atom stereocenters. The molecule has 0 heterocycles. The average molecular weight is 240 g/mol. The molecule has 0 aliphatic heterocycles. The van der Waals surface area contributed by atoms with E-state index in [0.717, 1.165) is 12.8 Å². The van der Waals surface area contributed by atoms with Crippen LogP contribution in [0.25, 0.3) is 0 Å². The molecule has 2 rings (SSSR count). The molecule has 1 aromatic carbocycles. The summed E-state index contributed by atoms with van der Waals surface area (Å²) in [7, 11) is -1.81. The highest BCUT2D eigenvalue weighted by Gasteiger charge is 2.29. The van der Waals surface area contributed by atoms with Crippen LogP contribution in [0.1, 0.15) is 12.8 Å². The van der Waals surface area contributed by atoms with Gasteiger partial charge in [-0.05, 0) is 30.9 Å². The second-order valence-electron chi connectivity index (χ2n) is 4.27. The molecule has 16 heavy (non-hydrogen) atoms. The molecule has 1 fully saturated rings. The standard InChI is InChI=1S/C11H16N2O2S/c1-13(8-9-6-7-9)16(14,15)11-5-3-2-4-10(11)12/h2-5,9H,6-8,12H2,1H3. The first-order valence-electron chi connectivity index (χ1n) is 5.32. The maximum atomic E-state index is 12.2. The van der Waals surface area contributed by atoms with E-state index in [1.54, 1.807) is 31.3 Å². The van der Waals surface area contributed by atoms with E-state index in [1.807, 2.05) is 0 Å². The highest BCUT2D eigenvalue weighted by Crippen LogP contribution is 2.31. The Hall–Kier alpha value is -1.07. The van der Waals surface area contributed by atoms with E-state index in [4.69, 9.17) is 5.73 Å². The van der Waals surface area contributed by atoms with Crippen molar-refractivity contribution in [2.24, 2.45) is 5.92 Å². The van der Waals surface area contributed by atoms with Crippen LogP contribution < -0.4 is 5.73 Å². The van der Waals surface area contributed by atoms with Gasteiger partial charge in [-0.1, -0.05) is 12.1 Å². The van der Waals surface area contributed by atoms with Gasteiger partial charge in [0.05, 0.1) is 5.69 Å². The van der Waals surface area contributed by atoms with Crippen LogP contribution in [-0.4, -0.2) is 26.3 Å². The van der Waals surface area contributed by atoms with Crippen molar-refractivity contribution in [2.45, 2.75) is 17.7 Å². The third kappa shape index (κ3) is 2.20. The lowest BCUT2D eigenvalue weighted by molar-refractivity contribution is 0.453. The zero-order valence-corrected chi connectivity index (χ0v) is 10.1. The Bertz CT molecular complexity index is 481. The van der Waals surface area contributed by atoms with Crippen LogP contribution in [0.3, 0.4) is 0 Å².